The molecule has 1 amide bonds. The van der Waals surface area contributed by atoms with Crippen molar-refractivity contribution in [2.24, 2.45) is 0 Å². The highest BCUT2D eigenvalue weighted by atomic mass is 79.9. The van der Waals surface area contributed by atoms with E-state index in [1.54, 1.807) is 36.4 Å². The molecule has 2 aromatic carbocycles. The summed E-state index contributed by atoms with van der Waals surface area (Å²) < 4.78 is 1.96. The van der Waals surface area contributed by atoms with Gasteiger partial charge < -0.3 is 10.2 Å². The molecule has 7 heteroatoms. The van der Waals surface area contributed by atoms with Crippen LogP contribution in [0.3, 0.4) is 0 Å². The molecule has 2 rings (SSSR count). The van der Waals surface area contributed by atoms with E-state index in [0.717, 1.165) is 22.0 Å². The zero-order valence-corrected chi connectivity index (χ0v) is 14.5. The fourth-order valence-corrected chi connectivity index (χ4v) is 3.15. The summed E-state index contributed by atoms with van der Waals surface area (Å²) >= 11 is 10.4. The van der Waals surface area contributed by atoms with Gasteiger partial charge in [-0.25, -0.2) is 9.10 Å². The Kier molecular flexibility index (Phi) is 6.14. The standard InChI is InChI=1S/C15H13BrClNO3S/c16-12-6-5-10(7-13(12)17)8-18(15(20)21)22-14-4-2-1-3-11(14)9-19/h1-7,19H,8-9H2,(H,20,21). The molecule has 0 aliphatic carbocycles. The summed E-state index contributed by atoms with van der Waals surface area (Å²) in [5.74, 6) is 0. The van der Waals surface area contributed by atoms with E-state index >= 15 is 0 Å². The third-order valence-corrected chi connectivity index (χ3v) is 5.21. The van der Waals surface area contributed by atoms with E-state index in [2.05, 4.69) is 15.9 Å². The number of benzene rings is 2. The normalized spacial score (nSPS) is 10.5. The average Bonchev–Trinajstić information content (AvgIpc) is 2.50. The number of rotatable bonds is 5. The van der Waals surface area contributed by atoms with Crippen LogP contribution in [0.1, 0.15) is 11.1 Å². The molecular weight excluding hydrogens is 390 g/mol. The van der Waals surface area contributed by atoms with E-state index in [0.29, 0.717) is 15.5 Å². The summed E-state index contributed by atoms with van der Waals surface area (Å²) in [6.45, 7) is 0.0491. The van der Waals surface area contributed by atoms with Gasteiger partial charge in [0, 0.05) is 9.37 Å². The Morgan fingerprint density at radius 3 is 2.64 bits per heavy atom. The van der Waals surface area contributed by atoms with Crippen molar-refractivity contribution in [2.75, 3.05) is 0 Å². The maximum absolute atomic E-state index is 11.5. The van der Waals surface area contributed by atoms with E-state index in [1.165, 1.54) is 4.31 Å². The lowest BCUT2D eigenvalue weighted by atomic mass is 10.2. The van der Waals surface area contributed by atoms with Crippen LogP contribution in [0, 0.1) is 0 Å². The minimum Gasteiger partial charge on any atom is -0.464 e. The number of carbonyl (C=O) groups is 1. The molecule has 0 bridgehead atoms. The quantitative estimate of drug-likeness (QED) is 0.706. The number of carboxylic acid groups (broad SMARTS) is 1. The Hall–Kier alpha value is -1.21. The third-order valence-electron chi connectivity index (χ3n) is 2.88. The second kappa shape index (κ2) is 7.87. The fourth-order valence-electron chi connectivity index (χ4n) is 1.78. The molecule has 0 aliphatic rings. The minimum atomic E-state index is -1.06. The monoisotopic (exact) mass is 401 g/mol. The summed E-state index contributed by atoms with van der Waals surface area (Å²) in [5.41, 5.74) is 1.47. The summed E-state index contributed by atoms with van der Waals surface area (Å²) in [6, 6.07) is 12.5. The molecule has 0 spiro atoms. The van der Waals surface area contributed by atoms with Gasteiger partial charge in [0.05, 0.1) is 18.2 Å². The molecule has 116 valence electrons. The first-order chi connectivity index (χ1) is 10.5. The Balaban J connectivity index is 2.20. The van der Waals surface area contributed by atoms with Crippen molar-refractivity contribution in [1.82, 2.24) is 4.31 Å². The number of hydrogen-bond donors (Lipinski definition) is 2. The molecule has 22 heavy (non-hydrogen) atoms. The van der Waals surface area contributed by atoms with Gasteiger partial charge in [-0.1, -0.05) is 35.9 Å². The van der Waals surface area contributed by atoms with Gasteiger partial charge in [0.15, 0.2) is 0 Å². The fraction of sp³-hybridized carbons (Fsp3) is 0.133. The van der Waals surface area contributed by atoms with Crippen molar-refractivity contribution in [3.63, 3.8) is 0 Å². The van der Waals surface area contributed by atoms with Gasteiger partial charge in [0.2, 0.25) is 0 Å². The summed E-state index contributed by atoms with van der Waals surface area (Å²) in [7, 11) is 0. The van der Waals surface area contributed by atoms with Gasteiger partial charge in [-0.15, -0.1) is 0 Å². The molecule has 0 saturated carbocycles. The molecule has 0 aliphatic heterocycles. The molecule has 2 N–H and O–H groups in total. The Morgan fingerprint density at radius 1 is 1.27 bits per heavy atom. The van der Waals surface area contributed by atoms with Crippen molar-refractivity contribution in [1.29, 1.82) is 0 Å². The number of amides is 1. The largest absolute Gasteiger partial charge is 0.464 e. The number of aliphatic hydroxyl groups excluding tert-OH is 1. The van der Waals surface area contributed by atoms with Crippen molar-refractivity contribution >= 4 is 45.6 Å². The lowest BCUT2D eigenvalue weighted by molar-refractivity contribution is 0.174. The van der Waals surface area contributed by atoms with E-state index in [1.807, 2.05) is 6.07 Å². The van der Waals surface area contributed by atoms with Crippen LogP contribution in [0.25, 0.3) is 0 Å². The van der Waals surface area contributed by atoms with Crippen LogP contribution in [0.15, 0.2) is 51.8 Å². The average molecular weight is 403 g/mol. The van der Waals surface area contributed by atoms with Gasteiger partial charge in [-0.2, -0.15) is 0 Å². The second-order valence-corrected chi connectivity index (χ2v) is 6.75. The Morgan fingerprint density at radius 2 is 2.00 bits per heavy atom. The summed E-state index contributed by atoms with van der Waals surface area (Å²) in [4.78, 5) is 12.2. The molecule has 0 saturated heterocycles. The molecule has 4 nitrogen and oxygen atoms in total. The van der Waals surface area contributed by atoms with E-state index in [9.17, 15) is 15.0 Å². The molecule has 0 radical (unpaired) electrons. The summed E-state index contributed by atoms with van der Waals surface area (Å²) in [6.07, 6.45) is -1.06. The topological polar surface area (TPSA) is 60.8 Å². The van der Waals surface area contributed by atoms with Crippen LogP contribution in [0.5, 0.6) is 0 Å². The van der Waals surface area contributed by atoms with Crippen molar-refractivity contribution in [3.8, 4) is 0 Å². The van der Waals surface area contributed by atoms with Crippen LogP contribution in [0.2, 0.25) is 5.02 Å². The molecular formula is C15H13BrClNO3S. The highest BCUT2D eigenvalue weighted by Gasteiger charge is 2.16. The van der Waals surface area contributed by atoms with Crippen LogP contribution in [-0.4, -0.2) is 20.6 Å². The highest BCUT2D eigenvalue weighted by molar-refractivity contribution is 9.10. The van der Waals surface area contributed by atoms with Gasteiger partial charge in [-0.3, -0.25) is 0 Å². The molecule has 0 aromatic heterocycles. The lowest BCUT2D eigenvalue weighted by Gasteiger charge is -2.19. The van der Waals surface area contributed by atoms with Crippen molar-refractivity contribution in [3.05, 3.63) is 63.1 Å². The predicted molar refractivity (Wildman–Crippen MR) is 90.9 cm³/mol. The highest BCUT2D eigenvalue weighted by Crippen LogP contribution is 2.29. The van der Waals surface area contributed by atoms with E-state index < -0.39 is 6.09 Å². The molecule has 0 fully saturated rings. The van der Waals surface area contributed by atoms with Crippen LogP contribution >= 0.6 is 39.5 Å². The molecule has 0 unspecified atom stereocenters. The molecule has 2 aromatic rings. The maximum Gasteiger partial charge on any atom is 0.418 e. The van der Waals surface area contributed by atoms with Gasteiger partial charge in [-0.05, 0) is 57.2 Å². The number of halogens is 2. The molecule has 0 atom stereocenters. The smallest absolute Gasteiger partial charge is 0.418 e. The van der Waals surface area contributed by atoms with Gasteiger partial charge in [0.1, 0.15) is 0 Å². The van der Waals surface area contributed by atoms with Gasteiger partial charge >= 0.3 is 6.09 Å². The van der Waals surface area contributed by atoms with Gasteiger partial charge in [0.25, 0.3) is 0 Å². The second-order valence-electron chi connectivity index (χ2n) is 4.42. The van der Waals surface area contributed by atoms with E-state index in [4.69, 9.17) is 11.6 Å². The van der Waals surface area contributed by atoms with Crippen molar-refractivity contribution < 1.29 is 15.0 Å². The number of nitrogens with zero attached hydrogens (tertiary/aromatic N) is 1. The Labute approximate surface area is 146 Å². The van der Waals surface area contributed by atoms with Crippen molar-refractivity contribution in [2.45, 2.75) is 18.0 Å². The predicted octanol–water partition coefficient (Wildman–Crippen LogP) is 4.78. The first-order valence-corrected chi connectivity index (χ1v) is 8.27. The minimum absolute atomic E-state index is 0.138. The first-order valence-electron chi connectivity index (χ1n) is 6.32. The van der Waals surface area contributed by atoms with Crippen LogP contribution in [0.4, 0.5) is 4.79 Å². The number of aliphatic hydroxyl groups is 1. The van der Waals surface area contributed by atoms with Crippen LogP contribution in [-0.2, 0) is 13.2 Å². The SMILES string of the molecule is O=C(O)N(Cc1ccc(Br)c(Cl)c1)Sc1ccccc1CO. The molecule has 0 heterocycles. The third kappa shape index (κ3) is 4.39. The number of hydrogen-bond acceptors (Lipinski definition) is 3. The van der Waals surface area contributed by atoms with E-state index in [-0.39, 0.29) is 13.2 Å². The summed E-state index contributed by atoms with van der Waals surface area (Å²) in [5, 5.41) is 19.2. The van der Waals surface area contributed by atoms with Crippen LogP contribution < -0.4 is 0 Å². The Bertz CT molecular complexity index is 684. The first kappa shape index (κ1) is 17.1. The maximum atomic E-state index is 11.5. The zero-order chi connectivity index (χ0) is 16.1. The lowest BCUT2D eigenvalue weighted by Crippen LogP contribution is -2.21. The zero-order valence-electron chi connectivity index (χ0n) is 11.4.